The molecule has 2 aromatic rings. The SMILES string of the molecule is Cc1ccc(NC(=O)CSCC(=O)N2CCN(C(=O)c3cc(Cl)cc(Cl)c3)CC2)cc1. The standard InChI is InChI=1S/C22H23Cl2N3O3S/c1-15-2-4-19(5-3-15)25-20(28)13-31-14-21(29)26-6-8-27(9-7-26)22(30)16-10-17(23)12-18(24)11-16/h2-5,10-12H,6-9,13-14H2,1H3,(H,25,28). The average Bonchev–Trinajstić information content (AvgIpc) is 2.74. The van der Waals surface area contributed by atoms with E-state index in [1.54, 1.807) is 28.0 Å². The van der Waals surface area contributed by atoms with Gasteiger partial charge in [-0.2, -0.15) is 0 Å². The molecule has 1 N–H and O–H groups in total. The van der Waals surface area contributed by atoms with Crippen LogP contribution in [0.5, 0.6) is 0 Å². The fourth-order valence-corrected chi connectivity index (χ4v) is 4.42. The maximum absolute atomic E-state index is 12.7. The summed E-state index contributed by atoms with van der Waals surface area (Å²) in [6, 6.07) is 12.3. The summed E-state index contributed by atoms with van der Waals surface area (Å²) in [6.07, 6.45) is 0. The summed E-state index contributed by atoms with van der Waals surface area (Å²) >= 11 is 13.2. The summed E-state index contributed by atoms with van der Waals surface area (Å²) in [4.78, 5) is 40.5. The molecule has 0 unspecified atom stereocenters. The molecule has 3 amide bonds. The Labute approximate surface area is 195 Å². The number of benzene rings is 2. The van der Waals surface area contributed by atoms with Crippen LogP contribution in [0.1, 0.15) is 15.9 Å². The third-order valence-corrected chi connectivity index (χ3v) is 6.18. The first-order valence-electron chi connectivity index (χ1n) is 9.79. The number of nitrogens with zero attached hydrogens (tertiary/aromatic N) is 2. The van der Waals surface area contributed by atoms with Crippen molar-refractivity contribution in [3.8, 4) is 0 Å². The summed E-state index contributed by atoms with van der Waals surface area (Å²) in [7, 11) is 0. The highest BCUT2D eigenvalue weighted by molar-refractivity contribution is 8.00. The molecule has 0 aliphatic carbocycles. The number of hydrogen-bond donors (Lipinski definition) is 1. The van der Waals surface area contributed by atoms with Crippen LogP contribution in [0.2, 0.25) is 10.0 Å². The monoisotopic (exact) mass is 479 g/mol. The van der Waals surface area contributed by atoms with Crippen molar-refractivity contribution in [2.45, 2.75) is 6.92 Å². The molecule has 31 heavy (non-hydrogen) atoms. The van der Waals surface area contributed by atoms with Crippen LogP contribution in [0.4, 0.5) is 5.69 Å². The number of amides is 3. The van der Waals surface area contributed by atoms with Gasteiger partial charge in [0.2, 0.25) is 11.8 Å². The van der Waals surface area contributed by atoms with Crippen LogP contribution in [-0.4, -0.2) is 65.2 Å². The van der Waals surface area contributed by atoms with Crippen molar-refractivity contribution < 1.29 is 14.4 Å². The third-order valence-electron chi connectivity index (χ3n) is 4.82. The molecule has 3 rings (SSSR count). The number of piperazine rings is 1. The number of thioether (sulfide) groups is 1. The number of rotatable bonds is 6. The van der Waals surface area contributed by atoms with Gasteiger partial charge in [-0.15, -0.1) is 11.8 Å². The molecule has 0 aromatic heterocycles. The molecule has 9 heteroatoms. The Morgan fingerprint density at radius 3 is 2.10 bits per heavy atom. The zero-order valence-corrected chi connectivity index (χ0v) is 19.4. The molecule has 1 saturated heterocycles. The van der Waals surface area contributed by atoms with Gasteiger partial charge in [-0.05, 0) is 37.3 Å². The first-order chi connectivity index (χ1) is 14.8. The van der Waals surface area contributed by atoms with E-state index in [2.05, 4.69) is 5.32 Å². The first kappa shape index (κ1) is 23.4. The lowest BCUT2D eigenvalue weighted by Crippen LogP contribution is -2.51. The Balaban J connectivity index is 1.40. The maximum Gasteiger partial charge on any atom is 0.254 e. The molecule has 0 radical (unpaired) electrons. The van der Waals surface area contributed by atoms with Crippen molar-refractivity contribution in [3.05, 3.63) is 63.6 Å². The van der Waals surface area contributed by atoms with E-state index in [4.69, 9.17) is 23.2 Å². The maximum atomic E-state index is 12.7. The summed E-state index contributed by atoms with van der Waals surface area (Å²) in [5.74, 6) is 0.0918. The average molecular weight is 480 g/mol. The van der Waals surface area contributed by atoms with Crippen molar-refractivity contribution in [2.75, 3.05) is 43.0 Å². The fraction of sp³-hybridized carbons (Fsp3) is 0.318. The molecule has 0 spiro atoms. The fourth-order valence-electron chi connectivity index (χ4n) is 3.18. The Kier molecular flexibility index (Phi) is 8.23. The summed E-state index contributed by atoms with van der Waals surface area (Å²) in [5.41, 5.74) is 2.30. The molecule has 0 atom stereocenters. The Hall–Kier alpha value is -2.22. The smallest absolute Gasteiger partial charge is 0.254 e. The van der Waals surface area contributed by atoms with E-state index in [0.29, 0.717) is 41.8 Å². The summed E-state index contributed by atoms with van der Waals surface area (Å²) < 4.78 is 0. The lowest BCUT2D eigenvalue weighted by molar-refractivity contribution is -0.129. The molecule has 164 valence electrons. The van der Waals surface area contributed by atoms with E-state index in [0.717, 1.165) is 11.3 Å². The predicted molar refractivity (Wildman–Crippen MR) is 126 cm³/mol. The molecule has 1 aliphatic heterocycles. The van der Waals surface area contributed by atoms with Crippen molar-refractivity contribution in [1.29, 1.82) is 0 Å². The van der Waals surface area contributed by atoms with E-state index in [1.807, 2.05) is 31.2 Å². The predicted octanol–water partition coefficient (Wildman–Crippen LogP) is 3.96. The lowest BCUT2D eigenvalue weighted by Gasteiger charge is -2.34. The second-order valence-electron chi connectivity index (χ2n) is 7.24. The van der Waals surface area contributed by atoms with E-state index >= 15 is 0 Å². The highest BCUT2D eigenvalue weighted by Crippen LogP contribution is 2.21. The number of halogens is 2. The van der Waals surface area contributed by atoms with Gasteiger partial charge in [0.05, 0.1) is 11.5 Å². The number of hydrogen-bond acceptors (Lipinski definition) is 4. The number of anilines is 1. The van der Waals surface area contributed by atoms with E-state index < -0.39 is 0 Å². The Bertz CT molecular complexity index is 941. The normalized spacial score (nSPS) is 13.8. The van der Waals surface area contributed by atoms with Crippen LogP contribution in [0.15, 0.2) is 42.5 Å². The van der Waals surface area contributed by atoms with Crippen molar-refractivity contribution in [1.82, 2.24) is 9.80 Å². The Morgan fingerprint density at radius 2 is 1.48 bits per heavy atom. The largest absolute Gasteiger partial charge is 0.338 e. The molecular weight excluding hydrogens is 457 g/mol. The zero-order valence-electron chi connectivity index (χ0n) is 17.1. The van der Waals surface area contributed by atoms with Gasteiger partial charge in [-0.3, -0.25) is 14.4 Å². The van der Waals surface area contributed by atoms with Gasteiger partial charge < -0.3 is 15.1 Å². The molecule has 0 bridgehead atoms. The van der Waals surface area contributed by atoms with E-state index in [1.165, 1.54) is 11.8 Å². The number of carbonyl (C=O) groups excluding carboxylic acids is 3. The van der Waals surface area contributed by atoms with Gasteiger partial charge in [-0.1, -0.05) is 40.9 Å². The van der Waals surface area contributed by atoms with Crippen LogP contribution >= 0.6 is 35.0 Å². The third kappa shape index (κ3) is 6.89. The van der Waals surface area contributed by atoms with Crippen LogP contribution in [0, 0.1) is 6.92 Å². The molecule has 6 nitrogen and oxygen atoms in total. The highest BCUT2D eigenvalue weighted by atomic mass is 35.5. The number of nitrogens with one attached hydrogen (secondary N) is 1. The van der Waals surface area contributed by atoms with Crippen LogP contribution in [0.25, 0.3) is 0 Å². The van der Waals surface area contributed by atoms with Gasteiger partial charge in [0.15, 0.2) is 0 Å². The Morgan fingerprint density at radius 1 is 0.903 bits per heavy atom. The lowest BCUT2D eigenvalue weighted by atomic mass is 10.2. The summed E-state index contributed by atoms with van der Waals surface area (Å²) in [6.45, 7) is 3.76. The highest BCUT2D eigenvalue weighted by Gasteiger charge is 2.25. The molecule has 1 fully saturated rings. The topological polar surface area (TPSA) is 69.7 Å². The van der Waals surface area contributed by atoms with Crippen LogP contribution in [0.3, 0.4) is 0 Å². The molecule has 2 aromatic carbocycles. The van der Waals surface area contributed by atoms with Gasteiger partial charge in [-0.25, -0.2) is 0 Å². The second kappa shape index (κ2) is 10.9. The quantitative estimate of drug-likeness (QED) is 0.680. The van der Waals surface area contributed by atoms with Crippen molar-refractivity contribution in [3.63, 3.8) is 0 Å². The van der Waals surface area contributed by atoms with Gasteiger partial charge in [0, 0.05) is 47.5 Å². The number of carbonyl (C=O) groups is 3. The van der Waals surface area contributed by atoms with Crippen LogP contribution < -0.4 is 5.32 Å². The molecule has 1 aliphatic rings. The van der Waals surface area contributed by atoms with Crippen LogP contribution in [-0.2, 0) is 9.59 Å². The second-order valence-corrected chi connectivity index (χ2v) is 9.10. The van der Waals surface area contributed by atoms with E-state index in [-0.39, 0.29) is 29.2 Å². The molecule has 1 heterocycles. The minimum absolute atomic E-state index is 0.0361. The van der Waals surface area contributed by atoms with Gasteiger partial charge >= 0.3 is 0 Å². The molecular formula is C22H23Cl2N3O3S. The zero-order chi connectivity index (χ0) is 22.4. The van der Waals surface area contributed by atoms with Crippen molar-refractivity contribution in [2.24, 2.45) is 0 Å². The molecule has 0 saturated carbocycles. The number of aryl methyl sites for hydroxylation is 1. The first-order valence-corrected chi connectivity index (χ1v) is 11.7. The van der Waals surface area contributed by atoms with Gasteiger partial charge in [0.1, 0.15) is 0 Å². The summed E-state index contributed by atoms with van der Waals surface area (Å²) in [5, 5.41) is 3.64. The van der Waals surface area contributed by atoms with E-state index in [9.17, 15) is 14.4 Å². The van der Waals surface area contributed by atoms with Gasteiger partial charge in [0.25, 0.3) is 5.91 Å². The van der Waals surface area contributed by atoms with Crippen molar-refractivity contribution >= 4 is 58.4 Å². The minimum Gasteiger partial charge on any atom is -0.338 e. The minimum atomic E-state index is -0.154.